The molecular weight excluding hydrogens is 454 g/mol. The van der Waals surface area contributed by atoms with E-state index in [0.29, 0.717) is 35.1 Å². The van der Waals surface area contributed by atoms with Gasteiger partial charge in [-0.15, -0.1) is 0 Å². The molecule has 8 nitrogen and oxygen atoms in total. The van der Waals surface area contributed by atoms with Crippen LogP contribution in [0.5, 0.6) is 0 Å². The van der Waals surface area contributed by atoms with Gasteiger partial charge >= 0.3 is 12.1 Å². The Morgan fingerprint density at radius 3 is 2.47 bits per heavy atom. The van der Waals surface area contributed by atoms with Crippen molar-refractivity contribution in [3.63, 3.8) is 0 Å². The zero-order valence-electron chi connectivity index (χ0n) is 18.4. The lowest BCUT2D eigenvalue weighted by Gasteiger charge is -2.44. The average molecular weight is 484 g/mol. The van der Waals surface area contributed by atoms with Gasteiger partial charge in [-0.2, -0.15) is 0 Å². The molecule has 1 unspecified atom stereocenters. The molecule has 0 aromatic heterocycles. The van der Waals surface area contributed by atoms with Crippen molar-refractivity contribution >= 4 is 39.6 Å². The summed E-state index contributed by atoms with van der Waals surface area (Å²) < 4.78 is 11.0. The molecule has 0 bridgehead atoms. The number of nitrogens with one attached hydrogen (secondary N) is 1. The standard InChI is InChI=1S/C21H30BrN3O5/c1-20(2,3)30-19(28)23-21(18(27)24(4)5)11-8-12-25(13-21)16-14(17(26)29-6)9-7-10-15(16)22/h7,9-10H,8,11-13H2,1-6H3,(H,23,28). The van der Waals surface area contributed by atoms with Crippen molar-refractivity contribution in [2.75, 3.05) is 39.2 Å². The van der Waals surface area contributed by atoms with E-state index in [0.717, 1.165) is 0 Å². The molecule has 1 heterocycles. The molecule has 9 heteroatoms. The van der Waals surface area contributed by atoms with Crippen LogP contribution in [-0.2, 0) is 14.3 Å². The zero-order chi connectivity index (χ0) is 22.7. The van der Waals surface area contributed by atoms with Crippen LogP contribution >= 0.6 is 15.9 Å². The van der Waals surface area contributed by atoms with Gasteiger partial charge < -0.3 is 24.6 Å². The molecule has 0 spiro atoms. The Morgan fingerprint density at radius 1 is 1.23 bits per heavy atom. The van der Waals surface area contributed by atoms with Gasteiger partial charge in [-0.3, -0.25) is 4.79 Å². The third-order valence-electron chi connectivity index (χ3n) is 4.76. The first-order valence-electron chi connectivity index (χ1n) is 9.75. The number of hydrogen-bond donors (Lipinski definition) is 1. The van der Waals surface area contributed by atoms with Crippen LogP contribution in [0.3, 0.4) is 0 Å². The Labute approximate surface area is 186 Å². The molecule has 0 radical (unpaired) electrons. The smallest absolute Gasteiger partial charge is 0.408 e. The number of hydrogen-bond acceptors (Lipinski definition) is 6. The van der Waals surface area contributed by atoms with Crippen molar-refractivity contribution in [1.82, 2.24) is 10.2 Å². The fourth-order valence-corrected chi connectivity index (χ4v) is 4.23. The topological polar surface area (TPSA) is 88.2 Å². The fraction of sp³-hybridized carbons (Fsp3) is 0.571. The number of para-hydroxylation sites is 1. The third-order valence-corrected chi connectivity index (χ3v) is 5.40. The number of nitrogens with zero attached hydrogens (tertiary/aromatic N) is 2. The highest BCUT2D eigenvalue weighted by atomic mass is 79.9. The van der Waals surface area contributed by atoms with Crippen LogP contribution in [0.2, 0.25) is 0 Å². The molecule has 1 saturated heterocycles. The first kappa shape index (κ1) is 24.0. The fourth-order valence-electron chi connectivity index (χ4n) is 3.61. The summed E-state index contributed by atoms with van der Waals surface area (Å²) >= 11 is 3.52. The van der Waals surface area contributed by atoms with E-state index in [1.165, 1.54) is 12.0 Å². The molecule has 30 heavy (non-hydrogen) atoms. The van der Waals surface area contributed by atoms with E-state index in [1.807, 2.05) is 11.0 Å². The number of methoxy groups -OCH3 is 1. The number of benzene rings is 1. The number of rotatable bonds is 4. The average Bonchev–Trinajstić information content (AvgIpc) is 2.64. The summed E-state index contributed by atoms with van der Waals surface area (Å²) in [6.45, 7) is 6.11. The second-order valence-corrected chi connectivity index (χ2v) is 9.42. The van der Waals surface area contributed by atoms with Gasteiger partial charge in [0, 0.05) is 25.1 Å². The second-order valence-electron chi connectivity index (χ2n) is 8.56. The first-order chi connectivity index (χ1) is 13.9. The summed E-state index contributed by atoms with van der Waals surface area (Å²) in [5.41, 5.74) is -0.864. The van der Waals surface area contributed by atoms with Crippen LogP contribution in [0, 0.1) is 0 Å². The van der Waals surface area contributed by atoms with Gasteiger partial charge in [0.05, 0.1) is 24.9 Å². The molecule has 2 rings (SSSR count). The van der Waals surface area contributed by atoms with Crippen molar-refractivity contribution in [3.05, 3.63) is 28.2 Å². The van der Waals surface area contributed by atoms with Gasteiger partial charge in [-0.1, -0.05) is 6.07 Å². The van der Waals surface area contributed by atoms with E-state index in [4.69, 9.17) is 9.47 Å². The number of amides is 2. The SMILES string of the molecule is COC(=O)c1cccc(Br)c1N1CCCC(NC(=O)OC(C)(C)C)(C(=O)N(C)C)C1. The highest BCUT2D eigenvalue weighted by molar-refractivity contribution is 9.10. The van der Waals surface area contributed by atoms with Crippen molar-refractivity contribution in [2.24, 2.45) is 0 Å². The van der Waals surface area contributed by atoms with Gasteiger partial charge in [-0.05, 0) is 61.7 Å². The summed E-state index contributed by atoms with van der Waals surface area (Å²) in [5, 5.41) is 2.83. The minimum atomic E-state index is -1.19. The van der Waals surface area contributed by atoms with E-state index in [-0.39, 0.29) is 12.5 Å². The molecule has 1 aromatic carbocycles. The van der Waals surface area contributed by atoms with Crippen molar-refractivity contribution in [2.45, 2.75) is 44.8 Å². The number of piperidine rings is 1. The Hall–Kier alpha value is -2.29. The van der Waals surface area contributed by atoms with Gasteiger partial charge in [0.1, 0.15) is 11.1 Å². The second kappa shape index (κ2) is 9.24. The number of carbonyl (C=O) groups excluding carboxylic acids is 3. The molecule has 2 amide bonds. The molecule has 1 aliphatic rings. The molecule has 1 fully saturated rings. The summed E-state index contributed by atoms with van der Waals surface area (Å²) in [6.07, 6.45) is 0.439. The molecule has 1 aliphatic heterocycles. The minimum absolute atomic E-state index is 0.190. The number of halogens is 1. The van der Waals surface area contributed by atoms with Crippen LogP contribution in [0.15, 0.2) is 22.7 Å². The molecule has 1 N–H and O–H groups in total. The number of carbonyl (C=O) groups is 3. The predicted octanol–water partition coefficient (Wildman–Crippen LogP) is 3.19. The van der Waals surface area contributed by atoms with E-state index >= 15 is 0 Å². The van der Waals surface area contributed by atoms with Crippen molar-refractivity contribution < 1.29 is 23.9 Å². The maximum Gasteiger partial charge on any atom is 0.408 e. The number of alkyl carbamates (subject to hydrolysis) is 1. The number of anilines is 1. The van der Waals surface area contributed by atoms with E-state index in [1.54, 1.807) is 47.0 Å². The zero-order valence-corrected chi connectivity index (χ0v) is 20.0. The third kappa shape index (κ3) is 5.44. The summed E-state index contributed by atoms with van der Waals surface area (Å²) in [5.74, 6) is -0.703. The Morgan fingerprint density at radius 2 is 1.90 bits per heavy atom. The van der Waals surface area contributed by atoms with Gasteiger partial charge in [-0.25, -0.2) is 9.59 Å². The Balaban J connectivity index is 2.45. The van der Waals surface area contributed by atoms with Crippen LogP contribution in [0.4, 0.5) is 10.5 Å². The molecule has 0 saturated carbocycles. The number of ether oxygens (including phenoxy) is 2. The molecular formula is C21H30BrN3O5. The van der Waals surface area contributed by atoms with Crippen molar-refractivity contribution in [3.8, 4) is 0 Å². The normalized spacial score (nSPS) is 19.1. The van der Waals surface area contributed by atoms with E-state index in [9.17, 15) is 14.4 Å². The van der Waals surface area contributed by atoms with E-state index in [2.05, 4.69) is 21.2 Å². The maximum absolute atomic E-state index is 13.2. The lowest BCUT2D eigenvalue weighted by molar-refractivity contribution is -0.136. The first-order valence-corrected chi connectivity index (χ1v) is 10.5. The molecule has 166 valence electrons. The van der Waals surface area contributed by atoms with Crippen LogP contribution in [-0.4, -0.2) is 68.3 Å². The number of likely N-dealkylation sites (N-methyl/N-ethyl adjacent to an activating group) is 1. The highest BCUT2D eigenvalue weighted by Gasteiger charge is 2.46. The predicted molar refractivity (Wildman–Crippen MR) is 118 cm³/mol. The molecule has 0 aliphatic carbocycles. The Bertz CT molecular complexity index is 821. The largest absolute Gasteiger partial charge is 0.465 e. The maximum atomic E-state index is 13.2. The van der Waals surface area contributed by atoms with Crippen molar-refractivity contribution in [1.29, 1.82) is 0 Å². The van der Waals surface area contributed by atoms with E-state index < -0.39 is 23.2 Å². The Kier molecular flexibility index (Phi) is 7.39. The summed E-state index contributed by atoms with van der Waals surface area (Å²) in [7, 11) is 4.63. The number of esters is 1. The van der Waals surface area contributed by atoms with Crippen LogP contribution in [0.1, 0.15) is 44.0 Å². The highest BCUT2D eigenvalue weighted by Crippen LogP contribution is 2.35. The lowest BCUT2D eigenvalue weighted by Crippen LogP contribution is -2.66. The van der Waals surface area contributed by atoms with Gasteiger partial charge in [0.15, 0.2) is 0 Å². The summed E-state index contributed by atoms with van der Waals surface area (Å²) in [4.78, 5) is 41.5. The van der Waals surface area contributed by atoms with Gasteiger partial charge in [0.2, 0.25) is 5.91 Å². The van der Waals surface area contributed by atoms with Crippen LogP contribution < -0.4 is 10.2 Å². The molecule has 1 atom stereocenters. The van der Waals surface area contributed by atoms with Gasteiger partial charge in [0.25, 0.3) is 0 Å². The quantitative estimate of drug-likeness (QED) is 0.661. The minimum Gasteiger partial charge on any atom is -0.465 e. The van der Waals surface area contributed by atoms with Crippen LogP contribution in [0.25, 0.3) is 0 Å². The monoisotopic (exact) mass is 483 g/mol. The summed E-state index contributed by atoms with van der Waals surface area (Å²) in [6, 6.07) is 5.26. The lowest BCUT2D eigenvalue weighted by atomic mass is 9.87. The molecule has 1 aromatic rings.